The second kappa shape index (κ2) is 7.47. The molecular weight excluding hydrogens is 328 g/mol. The number of fused-ring (bicyclic) bond motifs is 1. The fourth-order valence-corrected chi connectivity index (χ4v) is 2.78. The molecule has 1 aromatic carbocycles. The molecule has 2 aromatic heterocycles. The first-order chi connectivity index (χ1) is 12.5. The Hall–Kier alpha value is -3.02. The van der Waals surface area contributed by atoms with Crippen LogP contribution in [-0.2, 0) is 13.6 Å². The van der Waals surface area contributed by atoms with Crippen LogP contribution in [0.15, 0.2) is 42.6 Å². The highest BCUT2D eigenvalue weighted by Crippen LogP contribution is 2.15. The van der Waals surface area contributed by atoms with Gasteiger partial charge in [-0.05, 0) is 43.2 Å². The molecule has 3 rings (SSSR count). The molecule has 6 nitrogen and oxygen atoms in total. The predicted molar refractivity (Wildman–Crippen MR) is 102 cm³/mol. The molecule has 1 unspecified atom stereocenters. The third-order valence-corrected chi connectivity index (χ3v) is 4.55. The van der Waals surface area contributed by atoms with E-state index in [0.29, 0.717) is 17.8 Å². The Labute approximate surface area is 152 Å². The number of rotatable bonds is 6. The number of nitrogens with one attached hydrogen (secondary N) is 3. The van der Waals surface area contributed by atoms with Gasteiger partial charge in [0.05, 0.1) is 11.0 Å². The zero-order valence-electron chi connectivity index (χ0n) is 15.3. The van der Waals surface area contributed by atoms with Crippen molar-refractivity contribution in [3.05, 3.63) is 59.4 Å². The minimum Gasteiger partial charge on any atom is -0.350 e. The summed E-state index contributed by atoms with van der Waals surface area (Å²) < 4.78 is 1.96. The van der Waals surface area contributed by atoms with Gasteiger partial charge < -0.3 is 20.2 Å². The standard InChI is InChI=1S/C20H24N4O2/c1-4-13(2)22-19(25)15-7-5-6-14(10-15)12-21-20(26)17-11-18-16(23-17)8-9-24(18)3/h5-11,13,23H,4,12H2,1-3H3,(H,21,26)(H,22,25). The lowest BCUT2D eigenvalue weighted by molar-refractivity contribution is 0.0936. The van der Waals surface area contributed by atoms with Crippen LogP contribution in [-0.4, -0.2) is 27.4 Å². The number of aromatic amines is 1. The molecule has 0 aliphatic rings. The molecular formula is C20H24N4O2. The lowest BCUT2D eigenvalue weighted by Gasteiger charge is -2.12. The van der Waals surface area contributed by atoms with Crippen molar-refractivity contribution in [3.8, 4) is 0 Å². The fourth-order valence-electron chi connectivity index (χ4n) is 2.78. The average Bonchev–Trinajstić information content (AvgIpc) is 3.22. The van der Waals surface area contributed by atoms with Gasteiger partial charge in [0, 0.05) is 31.4 Å². The zero-order valence-corrected chi connectivity index (χ0v) is 15.3. The van der Waals surface area contributed by atoms with E-state index in [-0.39, 0.29) is 17.9 Å². The van der Waals surface area contributed by atoms with Crippen LogP contribution in [0.25, 0.3) is 11.0 Å². The van der Waals surface area contributed by atoms with Crippen LogP contribution in [0, 0.1) is 0 Å². The van der Waals surface area contributed by atoms with Gasteiger partial charge in [0.2, 0.25) is 0 Å². The van der Waals surface area contributed by atoms with Crippen LogP contribution in [0.4, 0.5) is 0 Å². The van der Waals surface area contributed by atoms with E-state index in [0.717, 1.165) is 23.0 Å². The van der Waals surface area contributed by atoms with E-state index in [1.54, 1.807) is 6.07 Å². The Balaban J connectivity index is 1.64. The summed E-state index contributed by atoms with van der Waals surface area (Å²) in [6, 6.07) is 11.2. The van der Waals surface area contributed by atoms with Crippen LogP contribution >= 0.6 is 0 Å². The van der Waals surface area contributed by atoms with Crippen LogP contribution in [0.2, 0.25) is 0 Å². The molecule has 2 heterocycles. The summed E-state index contributed by atoms with van der Waals surface area (Å²) in [7, 11) is 1.94. The molecule has 136 valence electrons. The molecule has 0 saturated heterocycles. The van der Waals surface area contributed by atoms with E-state index in [2.05, 4.69) is 15.6 Å². The van der Waals surface area contributed by atoms with E-state index >= 15 is 0 Å². The van der Waals surface area contributed by atoms with E-state index in [1.165, 1.54) is 0 Å². The molecule has 3 N–H and O–H groups in total. The topological polar surface area (TPSA) is 78.9 Å². The summed E-state index contributed by atoms with van der Waals surface area (Å²) in [5, 5.41) is 5.84. The number of aryl methyl sites for hydroxylation is 1. The van der Waals surface area contributed by atoms with Gasteiger partial charge in [0.1, 0.15) is 5.69 Å². The highest BCUT2D eigenvalue weighted by molar-refractivity contribution is 5.97. The summed E-state index contributed by atoms with van der Waals surface area (Å²) >= 11 is 0. The van der Waals surface area contributed by atoms with Crippen LogP contribution in [0.5, 0.6) is 0 Å². The predicted octanol–water partition coefficient (Wildman–Crippen LogP) is 2.96. The van der Waals surface area contributed by atoms with Crippen molar-refractivity contribution in [2.45, 2.75) is 32.9 Å². The summed E-state index contributed by atoms with van der Waals surface area (Å²) in [6.45, 7) is 4.36. The zero-order chi connectivity index (χ0) is 18.7. The third kappa shape index (κ3) is 3.79. The summed E-state index contributed by atoms with van der Waals surface area (Å²) in [6.07, 6.45) is 2.82. The SMILES string of the molecule is CCC(C)NC(=O)c1cccc(CNC(=O)c2cc3c(ccn3C)[nH]2)c1. The number of benzene rings is 1. The van der Waals surface area contributed by atoms with Crippen molar-refractivity contribution in [3.63, 3.8) is 0 Å². The number of hydrogen-bond donors (Lipinski definition) is 3. The van der Waals surface area contributed by atoms with Crippen LogP contribution < -0.4 is 10.6 Å². The van der Waals surface area contributed by atoms with Crippen molar-refractivity contribution < 1.29 is 9.59 Å². The largest absolute Gasteiger partial charge is 0.350 e. The van der Waals surface area contributed by atoms with E-state index < -0.39 is 0 Å². The van der Waals surface area contributed by atoms with Gasteiger partial charge in [0.25, 0.3) is 11.8 Å². The average molecular weight is 352 g/mol. The number of aromatic nitrogens is 2. The minimum absolute atomic E-state index is 0.0943. The fraction of sp³-hybridized carbons (Fsp3) is 0.300. The number of carbonyl (C=O) groups excluding carboxylic acids is 2. The molecule has 6 heteroatoms. The molecule has 0 radical (unpaired) electrons. The Morgan fingerprint density at radius 2 is 2.00 bits per heavy atom. The Kier molecular flexibility index (Phi) is 5.11. The van der Waals surface area contributed by atoms with Crippen molar-refractivity contribution >= 4 is 22.8 Å². The summed E-state index contributed by atoms with van der Waals surface area (Å²) in [4.78, 5) is 27.7. The van der Waals surface area contributed by atoms with Crippen molar-refractivity contribution in [2.75, 3.05) is 0 Å². The first-order valence-corrected chi connectivity index (χ1v) is 8.80. The van der Waals surface area contributed by atoms with Crippen molar-refractivity contribution in [2.24, 2.45) is 7.05 Å². The van der Waals surface area contributed by atoms with Gasteiger partial charge in [-0.15, -0.1) is 0 Å². The van der Waals surface area contributed by atoms with Gasteiger partial charge in [-0.3, -0.25) is 9.59 Å². The number of carbonyl (C=O) groups is 2. The Bertz CT molecular complexity index is 938. The number of hydrogen-bond acceptors (Lipinski definition) is 2. The Morgan fingerprint density at radius 1 is 1.19 bits per heavy atom. The molecule has 0 fully saturated rings. The number of H-pyrrole nitrogens is 1. The van der Waals surface area contributed by atoms with Gasteiger partial charge in [-0.1, -0.05) is 19.1 Å². The molecule has 0 aliphatic heterocycles. The third-order valence-electron chi connectivity index (χ3n) is 4.55. The molecule has 0 saturated carbocycles. The van der Waals surface area contributed by atoms with Crippen molar-refractivity contribution in [1.29, 1.82) is 0 Å². The molecule has 0 spiro atoms. The molecule has 3 aromatic rings. The molecule has 1 atom stereocenters. The van der Waals surface area contributed by atoms with Crippen LogP contribution in [0.3, 0.4) is 0 Å². The highest BCUT2D eigenvalue weighted by Gasteiger charge is 2.12. The molecule has 0 aliphatic carbocycles. The van der Waals surface area contributed by atoms with E-state index in [1.807, 2.05) is 62.0 Å². The maximum Gasteiger partial charge on any atom is 0.268 e. The maximum atomic E-state index is 12.4. The second-order valence-electron chi connectivity index (χ2n) is 6.57. The minimum atomic E-state index is -0.171. The Morgan fingerprint density at radius 3 is 2.73 bits per heavy atom. The lowest BCUT2D eigenvalue weighted by atomic mass is 10.1. The molecule has 2 amide bonds. The maximum absolute atomic E-state index is 12.4. The van der Waals surface area contributed by atoms with Crippen molar-refractivity contribution in [1.82, 2.24) is 20.2 Å². The van der Waals surface area contributed by atoms with Gasteiger partial charge >= 0.3 is 0 Å². The number of nitrogens with zero attached hydrogens (tertiary/aromatic N) is 1. The monoisotopic (exact) mass is 352 g/mol. The smallest absolute Gasteiger partial charge is 0.268 e. The quantitative estimate of drug-likeness (QED) is 0.638. The van der Waals surface area contributed by atoms with Crippen LogP contribution in [0.1, 0.15) is 46.7 Å². The van der Waals surface area contributed by atoms with E-state index in [4.69, 9.17) is 0 Å². The molecule has 26 heavy (non-hydrogen) atoms. The second-order valence-corrected chi connectivity index (χ2v) is 6.57. The summed E-state index contributed by atoms with van der Waals surface area (Å²) in [5.74, 6) is -0.265. The number of amides is 2. The normalized spacial score (nSPS) is 12.1. The van der Waals surface area contributed by atoms with E-state index in [9.17, 15) is 9.59 Å². The van der Waals surface area contributed by atoms with Gasteiger partial charge in [-0.2, -0.15) is 0 Å². The first-order valence-electron chi connectivity index (χ1n) is 8.80. The van der Waals surface area contributed by atoms with Gasteiger partial charge in [0.15, 0.2) is 0 Å². The lowest BCUT2D eigenvalue weighted by Crippen LogP contribution is -2.32. The first kappa shape index (κ1) is 17.8. The summed E-state index contributed by atoms with van der Waals surface area (Å²) in [5.41, 5.74) is 3.92. The highest BCUT2D eigenvalue weighted by atomic mass is 16.2. The molecule has 0 bridgehead atoms. The van der Waals surface area contributed by atoms with Gasteiger partial charge in [-0.25, -0.2) is 0 Å².